The van der Waals surface area contributed by atoms with Gasteiger partial charge in [-0.05, 0) is 36.5 Å². The molecule has 0 bridgehead atoms. The van der Waals surface area contributed by atoms with Gasteiger partial charge in [-0.1, -0.05) is 18.2 Å². The highest BCUT2D eigenvalue weighted by molar-refractivity contribution is 7.99. The predicted octanol–water partition coefficient (Wildman–Crippen LogP) is 3.44. The molecule has 5 nitrogen and oxygen atoms in total. The second-order valence-corrected chi connectivity index (χ2v) is 6.09. The highest BCUT2D eigenvalue weighted by atomic mass is 32.2. The van der Waals surface area contributed by atoms with Gasteiger partial charge in [0, 0.05) is 0 Å². The molecule has 0 amide bonds. The Morgan fingerprint density at radius 2 is 2.00 bits per heavy atom. The van der Waals surface area contributed by atoms with E-state index in [1.54, 1.807) is 16.8 Å². The summed E-state index contributed by atoms with van der Waals surface area (Å²) in [5.74, 6) is 1.99. The van der Waals surface area contributed by atoms with Crippen LogP contribution in [0.3, 0.4) is 0 Å². The number of thioether (sulfide) groups is 1. The van der Waals surface area contributed by atoms with E-state index in [2.05, 4.69) is 5.10 Å². The van der Waals surface area contributed by atoms with Crippen molar-refractivity contribution in [1.29, 1.82) is 0 Å². The molecule has 3 rings (SSSR count). The third-order valence-corrected chi connectivity index (χ3v) is 4.52. The first kappa shape index (κ1) is 14.0. The third kappa shape index (κ3) is 3.05. The largest absolute Gasteiger partial charge is 0.476 e. The van der Waals surface area contributed by atoms with Gasteiger partial charge in [-0.15, -0.1) is 0 Å². The van der Waals surface area contributed by atoms with E-state index in [0.717, 1.165) is 24.3 Å². The maximum Gasteiger partial charge on any atom is 0.358 e. The molecule has 0 atom stereocenters. The lowest BCUT2D eigenvalue weighted by Gasteiger charge is -2.22. The Bertz CT molecular complexity index is 621. The van der Waals surface area contributed by atoms with E-state index in [1.807, 2.05) is 30.0 Å². The molecule has 1 N–H and O–H groups in total. The molecule has 110 valence electrons. The Morgan fingerprint density at radius 1 is 1.29 bits per heavy atom. The molecule has 0 saturated carbocycles. The third-order valence-electron chi connectivity index (χ3n) is 3.47. The Morgan fingerprint density at radius 3 is 2.67 bits per heavy atom. The van der Waals surface area contributed by atoms with Crippen molar-refractivity contribution in [2.24, 2.45) is 0 Å². The Balaban J connectivity index is 1.90. The van der Waals surface area contributed by atoms with Gasteiger partial charge in [0.1, 0.15) is 5.75 Å². The number of ether oxygens (including phenoxy) is 1. The Kier molecular flexibility index (Phi) is 4.15. The molecule has 0 spiro atoms. The molecule has 1 saturated heterocycles. The number of aromatic nitrogens is 2. The van der Waals surface area contributed by atoms with Crippen LogP contribution in [0.5, 0.6) is 11.5 Å². The molecule has 2 aromatic rings. The molecule has 1 aromatic heterocycles. The predicted molar refractivity (Wildman–Crippen MR) is 81.3 cm³/mol. The van der Waals surface area contributed by atoms with Crippen molar-refractivity contribution in [1.82, 2.24) is 9.78 Å². The van der Waals surface area contributed by atoms with E-state index in [0.29, 0.717) is 11.5 Å². The van der Waals surface area contributed by atoms with Crippen LogP contribution in [0.15, 0.2) is 36.5 Å². The number of carbonyl (C=O) groups is 1. The van der Waals surface area contributed by atoms with Crippen molar-refractivity contribution in [2.45, 2.75) is 18.9 Å². The monoisotopic (exact) mass is 304 g/mol. The second-order valence-electron chi connectivity index (χ2n) is 4.87. The SMILES string of the molecule is O=C(O)c1c(Oc2ccccc2)cnn1C1CCSCC1. The van der Waals surface area contributed by atoms with Crippen LogP contribution in [0, 0.1) is 0 Å². The lowest BCUT2D eigenvalue weighted by atomic mass is 10.1. The van der Waals surface area contributed by atoms with Crippen molar-refractivity contribution < 1.29 is 14.6 Å². The number of carboxylic acid groups (broad SMARTS) is 1. The van der Waals surface area contributed by atoms with Crippen molar-refractivity contribution in [3.8, 4) is 11.5 Å². The summed E-state index contributed by atoms with van der Waals surface area (Å²) in [5, 5.41) is 13.8. The number of para-hydroxylation sites is 1. The van der Waals surface area contributed by atoms with Crippen molar-refractivity contribution in [3.63, 3.8) is 0 Å². The van der Waals surface area contributed by atoms with E-state index in [4.69, 9.17) is 4.74 Å². The average Bonchev–Trinajstić information content (AvgIpc) is 2.93. The zero-order chi connectivity index (χ0) is 14.7. The summed E-state index contributed by atoms with van der Waals surface area (Å²) < 4.78 is 7.28. The zero-order valence-corrected chi connectivity index (χ0v) is 12.3. The van der Waals surface area contributed by atoms with Crippen LogP contribution < -0.4 is 4.74 Å². The normalized spacial score (nSPS) is 15.8. The minimum absolute atomic E-state index is 0.135. The number of carboxylic acids is 1. The average molecular weight is 304 g/mol. The van der Waals surface area contributed by atoms with Crippen molar-refractivity contribution in [3.05, 3.63) is 42.2 Å². The van der Waals surface area contributed by atoms with Crippen LogP contribution in [0.25, 0.3) is 0 Å². The number of rotatable bonds is 4. The van der Waals surface area contributed by atoms with E-state index in [9.17, 15) is 9.90 Å². The van der Waals surface area contributed by atoms with Gasteiger partial charge < -0.3 is 9.84 Å². The summed E-state index contributed by atoms with van der Waals surface area (Å²) in [6.07, 6.45) is 3.38. The summed E-state index contributed by atoms with van der Waals surface area (Å²) >= 11 is 1.90. The van der Waals surface area contributed by atoms with E-state index in [-0.39, 0.29) is 11.7 Å². The molecule has 21 heavy (non-hydrogen) atoms. The minimum atomic E-state index is -1.00. The van der Waals surface area contributed by atoms with Gasteiger partial charge in [0.15, 0.2) is 11.4 Å². The maximum atomic E-state index is 11.6. The summed E-state index contributed by atoms with van der Waals surface area (Å²) in [7, 11) is 0. The number of hydrogen-bond donors (Lipinski definition) is 1. The number of nitrogens with zero attached hydrogens (tertiary/aromatic N) is 2. The second kappa shape index (κ2) is 6.22. The van der Waals surface area contributed by atoms with Crippen LogP contribution in [-0.4, -0.2) is 32.4 Å². The summed E-state index contributed by atoms with van der Waals surface area (Å²) in [6.45, 7) is 0. The van der Waals surface area contributed by atoms with Crippen LogP contribution in [0.2, 0.25) is 0 Å². The molecule has 2 heterocycles. The minimum Gasteiger partial charge on any atom is -0.476 e. The molecule has 0 aliphatic carbocycles. The molecular formula is C15H16N2O3S. The van der Waals surface area contributed by atoms with Gasteiger partial charge in [-0.2, -0.15) is 16.9 Å². The van der Waals surface area contributed by atoms with Gasteiger partial charge in [-0.25, -0.2) is 4.79 Å². The molecule has 0 unspecified atom stereocenters. The van der Waals surface area contributed by atoms with Crippen LogP contribution in [0.1, 0.15) is 29.4 Å². The summed E-state index contributed by atoms with van der Waals surface area (Å²) in [6, 6.07) is 9.30. The molecule has 1 aliphatic heterocycles. The highest BCUT2D eigenvalue weighted by Crippen LogP contribution is 2.32. The van der Waals surface area contributed by atoms with Gasteiger partial charge in [-0.3, -0.25) is 4.68 Å². The Labute approximate surface area is 126 Å². The zero-order valence-electron chi connectivity index (χ0n) is 11.4. The number of benzene rings is 1. The molecule has 1 aromatic carbocycles. The quantitative estimate of drug-likeness (QED) is 0.937. The summed E-state index contributed by atoms with van der Waals surface area (Å²) in [4.78, 5) is 11.6. The Hall–Kier alpha value is -1.95. The smallest absolute Gasteiger partial charge is 0.358 e. The number of aromatic carboxylic acids is 1. The molecule has 0 radical (unpaired) electrons. The van der Waals surface area contributed by atoms with Gasteiger partial charge in [0.2, 0.25) is 0 Å². The topological polar surface area (TPSA) is 64.3 Å². The van der Waals surface area contributed by atoms with Gasteiger partial charge in [0.05, 0.1) is 12.2 Å². The van der Waals surface area contributed by atoms with Crippen LogP contribution in [-0.2, 0) is 0 Å². The molecular weight excluding hydrogens is 288 g/mol. The molecule has 6 heteroatoms. The first-order chi connectivity index (χ1) is 10.3. The standard InChI is InChI=1S/C15H16N2O3S/c18-15(19)14-13(20-12-4-2-1-3-5-12)10-16-17(14)11-6-8-21-9-7-11/h1-5,10-11H,6-9H2,(H,18,19). The van der Waals surface area contributed by atoms with Crippen molar-refractivity contribution >= 4 is 17.7 Å². The molecule has 1 fully saturated rings. The van der Waals surface area contributed by atoms with E-state index in [1.165, 1.54) is 6.20 Å². The van der Waals surface area contributed by atoms with Crippen LogP contribution >= 0.6 is 11.8 Å². The lowest BCUT2D eigenvalue weighted by molar-refractivity contribution is 0.0676. The maximum absolute atomic E-state index is 11.6. The fraction of sp³-hybridized carbons (Fsp3) is 0.333. The number of hydrogen-bond acceptors (Lipinski definition) is 4. The summed E-state index contributed by atoms with van der Waals surface area (Å²) in [5.41, 5.74) is 0.135. The molecule has 1 aliphatic rings. The first-order valence-corrected chi connectivity index (χ1v) is 8.02. The van der Waals surface area contributed by atoms with E-state index < -0.39 is 5.97 Å². The first-order valence-electron chi connectivity index (χ1n) is 6.87. The van der Waals surface area contributed by atoms with Crippen molar-refractivity contribution in [2.75, 3.05) is 11.5 Å². The van der Waals surface area contributed by atoms with Gasteiger partial charge >= 0.3 is 5.97 Å². The highest BCUT2D eigenvalue weighted by Gasteiger charge is 2.26. The van der Waals surface area contributed by atoms with Crippen LogP contribution in [0.4, 0.5) is 0 Å². The fourth-order valence-corrected chi connectivity index (χ4v) is 3.53. The lowest BCUT2D eigenvalue weighted by Crippen LogP contribution is -2.20. The fourth-order valence-electron chi connectivity index (χ4n) is 2.45. The van der Waals surface area contributed by atoms with E-state index >= 15 is 0 Å². The van der Waals surface area contributed by atoms with Gasteiger partial charge in [0.25, 0.3) is 0 Å².